The summed E-state index contributed by atoms with van der Waals surface area (Å²) >= 11 is 12.5. The molecule has 0 unspecified atom stereocenters. The lowest BCUT2D eigenvalue weighted by atomic mass is 10.1. The largest absolute Gasteiger partial charge is 0.378 e. The molecule has 0 amide bonds. The van der Waals surface area contributed by atoms with E-state index in [4.69, 9.17) is 37.9 Å². The number of halogens is 2. The highest BCUT2D eigenvalue weighted by Gasteiger charge is 2.23. The summed E-state index contributed by atoms with van der Waals surface area (Å²) in [4.78, 5) is 16.3. The van der Waals surface area contributed by atoms with E-state index in [1.165, 1.54) is 0 Å². The van der Waals surface area contributed by atoms with Crippen molar-refractivity contribution in [1.29, 1.82) is 0 Å². The SMILES string of the molecule is Clc1ccc2c(n1)C(c1ccccc1Cl)=NCC(N1CCOCC1)=N2. The summed E-state index contributed by atoms with van der Waals surface area (Å²) in [5.41, 5.74) is 2.96. The highest BCUT2D eigenvalue weighted by molar-refractivity contribution is 6.36. The third kappa shape index (κ3) is 3.40. The third-order valence-electron chi connectivity index (χ3n) is 4.20. The zero-order chi connectivity index (χ0) is 17.2. The van der Waals surface area contributed by atoms with Gasteiger partial charge in [0.2, 0.25) is 0 Å². The number of amidine groups is 1. The van der Waals surface area contributed by atoms with Gasteiger partial charge in [0, 0.05) is 18.7 Å². The van der Waals surface area contributed by atoms with Crippen LogP contribution in [-0.2, 0) is 4.74 Å². The van der Waals surface area contributed by atoms with Gasteiger partial charge >= 0.3 is 0 Å². The minimum absolute atomic E-state index is 0.406. The Kier molecular flexibility index (Phi) is 4.70. The van der Waals surface area contributed by atoms with Gasteiger partial charge in [-0.3, -0.25) is 4.99 Å². The first-order chi connectivity index (χ1) is 12.2. The second kappa shape index (κ2) is 7.12. The van der Waals surface area contributed by atoms with Gasteiger partial charge in [-0.1, -0.05) is 41.4 Å². The fraction of sp³-hybridized carbons (Fsp3) is 0.278. The molecule has 128 valence electrons. The minimum atomic E-state index is 0.406. The maximum Gasteiger partial charge on any atom is 0.130 e. The molecule has 1 saturated heterocycles. The second-order valence-corrected chi connectivity index (χ2v) is 6.57. The van der Waals surface area contributed by atoms with Crippen LogP contribution in [0.15, 0.2) is 46.4 Å². The molecule has 0 atom stereocenters. The van der Waals surface area contributed by atoms with Gasteiger partial charge < -0.3 is 9.64 Å². The molecule has 1 aromatic heterocycles. The third-order valence-corrected chi connectivity index (χ3v) is 4.74. The molecular formula is C18H16Cl2N4O. The number of ether oxygens (including phenoxy) is 1. The van der Waals surface area contributed by atoms with Crippen LogP contribution in [0.3, 0.4) is 0 Å². The van der Waals surface area contributed by atoms with Crippen molar-refractivity contribution < 1.29 is 4.74 Å². The maximum absolute atomic E-state index is 6.40. The Bertz CT molecular complexity index is 860. The Balaban J connectivity index is 1.82. The molecule has 5 nitrogen and oxygen atoms in total. The van der Waals surface area contributed by atoms with Crippen LogP contribution in [-0.4, -0.2) is 54.3 Å². The molecule has 0 radical (unpaired) electrons. The van der Waals surface area contributed by atoms with Gasteiger partial charge in [0.1, 0.15) is 16.7 Å². The Morgan fingerprint density at radius 3 is 2.60 bits per heavy atom. The van der Waals surface area contributed by atoms with E-state index in [2.05, 4.69) is 9.88 Å². The number of nitrogens with zero attached hydrogens (tertiary/aromatic N) is 4. The Morgan fingerprint density at radius 2 is 1.80 bits per heavy atom. The van der Waals surface area contributed by atoms with Crippen LogP contribution in [0.1, 0.15) is 11.3 Å². The summed E-state index contributed by atoms with van der Waals surface area (Å²) in [5.74, 6) is 0.913. The van der Waals surface area contributed by atoms with Crippen molar-refractivity contribution in [2.45, 2.75) is 0 Å². The summed E-state index contributed by atoms with van der Waals surface area (Å²) in [6, 6.07) is 11.2. The summed E-state index contributed by atoms with van der Waals surface area (Å²) < 4.78 is 5.43. The highest BCUT2D eigenvalue weighted by atomic mass is 35.5. The number of hydrogen-bond donors (Lipinski definition) is 0. The standard InChI is InChI=1S/C18H16Cl2N4O/c19-13-4-2-1-3-12(13)17-18-14(5-6-15(20)23-18)22-16(11-21-17)24-7-9-25-10-8-24/h1-6H,7-11H2. The quantitative estimate of drug-likeness (QED) is 0.716. The number of fused-ring (bicyclic) bond motifs is 1. The van der Waals surface area contributed by atoms with E-state index in [1.807, 2.05) is 30.3 Å². The molecule has 0 saturated carbocycles. The number of pyridine rings is 1. The molecule has 2 aromatic rings. The lowest BCUT2D eigenvalue weighted by Crippen LogP contribution is -2.41. The van der Waals surface area contributed by atoms with Crippen LogP contribution in [0.25, 0.3) is 0 Å². The van der Waals surface area contributed by atoms with E-state index < -0.39 is 0 Å². The first-order valence-corrected chi connectivity index (χ1v) is 8.84. The number of aliphatic imine (C=N–C) groups is 2. The zero-order valence-corrected chi connectivity index (χ0v) is 15.0. The molecule has 2 aliphatic rings. The van der Waals surface area contributed by atoms with Gasteiger partial charge in [-0.05, 0) is 18.2 Å². The molecule has 0 N–H and O–H groups in total. The highest BCUT2D eigenvalue weighted by Crippen LogP contribution is 2.28. The minimum Gasteiger partial charge on any atom is -0.378 e. The average molecular weight is 375 g/mol. The number of rotatable bonds is 1. The lowest BCUT2D eigenvalue weighted by Gasteiger charge is -2.29. The van der Waals surface area contributed by atoms with Crippen molar-refractivity contribution in [1.82, 2.24) is 9.88 Å². The van der Waals surface area contributed by atoms with Gasteiger partial charge in [-0.2, -0.15) is 0 Å². The number of morpholine rings is 1. The first kappa shape index (κ1) is 16.5. The van der Waals surface area contributed by atoms with Gasteiger partial charge in [0.15, 0.2) is 0 Å². The van der Waals surface area contributed by atoms with E-state index in [-0.39, 0.29) is 0 Å². The predicted molar refractivity (Wildman–Crippen MR) is 101 cm³/mol. The number of benzene rings is 1. The fourth-order valence-corrected chi connectivity index (χ4v) is 3.32. The molecule has 0 bridgehead atoms. The topological polar surface area (TPSA) is 50.1 Å². The van der Waals surface area contributed by atoms with E-state index in [0.29, 0.717) is 35.6 Å². The van der Waals surface area contributed by atoms with Crippen molar-refractivity contribution in [2.24, 2.45) is 9.98 Å². The smallest absolute Gasteiger partial charge is 0.130 e. The molecule has 25 heavy (non-hydrogen) atoms. The van der Waals surface area contributed by atoms with E-state index >= 15 is 0 Å². The van der Waals surface area contributed by atoms with Crippen molar-refractivity contribution in [3.05, 3.63) is 57.8 Å². The van der Waals surface area contributed by atoms with Crippen LogP contribution in [0.5, 0.6) is 0 Å². The van der Waals surface area contributed by atoms with Crippen molar-refractivity contribution in [3.8, 4) is 0 Å². The summed E-state index contributed by atoms with van der Waals surface area (Å²) in [5, 5.41) is 1.03. The van der Waals surface area contributed by atoms with Crippen LogP contribution < -0.4 is 0 Å². The molecule has 4 rings (SSSR count). The van der Waals surface area contributed by atoms with Gasteiger partial charge in [0.25, 0.3) is 0 Å². The normalized spacial score (nSPS) is 17.4. The molecule has 1 fully saturated rings. The fourth-order valence-electron chi connectivity index (χ4n) is 2.95. The van der Waals surface area contributed by atoms with Gasteiger partial charge in [0.05, 0.1) is 36.2 Å². The van der Waals surface area contributed by atoms with Gasteiger partial charge in [-0.15, -0.1) is 0 Å². The van der Waals surface area contributed by atoms with E-state index in [1.54, 1.807) is 6.07 Å². The summed E-state index contributed by atoms with van der Waals surface area (Å²) in [7, 11) is 0. The molecule has 2 aliphatic heterocycles. The van der Waals surface area contributed by atoms with Gasteiger partial charge in [-0.25, -0.2) is 9.98 Å². The average Bonchev–Trinajstić information content (AvgIpc) is 2.82. The van der Waals surface area contributed by atoms with Crippen molar-refractivity contribution >= 4 is 40.4 Å². The molecule has 7 heteroatoms. The summed E-state index contributed by atoms with van der Waals surface area (Å²) in [6.07, 6.45) is 0. The maximum atomic E-state index is 6.40. The van der Waals surface area contributed by atoms with Crippen molar-refractivity contribution in [3.63, 3.8) is 0 Å². The monoisotopic (exact) mass is 374 g/mol. The van der Waals surface area contributed by atoms with Crippen LogP contribution in [0.2, 0.25) is 10.2 Å². The first-order valence-electron chi connectivity index (χ1n) is 8.09. The second-order valence-electron chi connectivity index (χ2n) is 5.77. The zero-order valence-electron chi connectivity index (χ0n) is 13.5. The van der Waals surface area contributed by atoms with Crippen LogP contribution in [0, 0.1) is 0 Å². The Morgan fingerprint density at radius 1 is 1.00 bits per heavy atom. The molecule has 1 aromatic carbocycles. The molecular weight excluding hydrogens is 359 g/mol. The molecule has 3 heterocycles. The number of aromatic nitrogens is 1. The Hall–Kier alpha value is -1.95. The van der Waals surface area contributed by atoms with Crippen LogP contribution >= 0.6 is 23.2 Å². The Labute approximate surface area is 156 Å². The molecule has 0 spiro atoms. The van der Waals surface area contributed by atoms with Crippen molar-refractivity contribution in [2.75, 3.05) is 32.8 Å². The number of hydrogen-bond acceptors (Lipinski definition) is 5. The van der Waals surface area contributed by atoms with E-state index in [0.717, 1.165) is 35.9 Å². The predicted octanol–water partition coefficient (Wildman–Crippen LogP) is 3.60. The lowest BCUT2D eigenvalue weighted by molar-refractivity contribution is 0.0676. The summed E-state index contributed by atoms with van der Waals surface area (Å²) in [6.45, 7) is 3.49. The van der Waals surface area contributed by atoms with E-state index in [9.17, 15) is 0 Å². The van der Waals surface area contributed by atoms with Crippen LogP contribution in [0.4, 0.5) is 5.69 Å². The molecule has 0 aliphatic carbocycles.